The number of rotatable bonds is 12. The van der Waals surface area contributed by atoms with E-state index in [1.54, 1.807) is 38.1 Å². The van der Waals surface area contributed by atoms with Crippen molar-refractivity contribution in [3.63, 3.8) is 0 Å². The summed E-state index contributed by atoms with van der Waals surface area (Å²) in [6.45, 7) is 8.75. The third-order valence-electron chi connectivity index (χ3n) is 8.48. The Hall–Kier alpha value is -4.50. The zero-order valence-corrected chi connectivity index (χ0v) is 26.7. The van der Waals surface area contributed by atoms with Crippen molar-refractivity contribution in [1.29, 1.82) is 5.26 Å². The van der Waals surface area contributed by atoms with E-state index in [1.807, 2.05) is 11.8 Å². The van der Waals surface area contributed by atoms with Gasteiger partial charge in [-0.15, -0.1) is 0 Å². The molecule has 2 aromatic carbocycles. The zero-order chi connectivity index (χ0) is 34.6. The van der Waals surface area contributed by atoms with E-state index in [0.29, 0.717) is 29.3 Å². The summed E-state index contributed by atoms with van der Waals surface area (Å²) >= 11 is 0. The molecule has 250 valence electrons. The Bertz CT molecular complexity index is 1760. The highest BCUT2D eigenvalue weighted by atomic mass is 19.4. The number of likely N-dealkylation sites (tertiary alicyclic amines) is 1. The largest absolute Gasteiger partial charge is 0.481 e. The first-order valence-corrected chi connectivity index (χ1v) is 15.5. The van der Waals surface area contributed by atoms with Gasteiger partial charge in [-0.1, -0.05) is 19.9 Å². The lowest BCUT2D eigenvalue weighted by atomic mass is 9.91. The Labute approximate surface area is 270 Å². The van der Waals surface area contributed by atoms with Gasteiger partial charge in [-0.2, -0.15) is 18.4 Å². The van der Waals surface area contributed by atoms with Crippen LogP contribution in [0.2, 0.25) is 0 Å². The Morgan fingerprint density at radius 2 is 1.79 bits per heavy atom. The van der Waals surface area contributed by atoms with Crippen LogP contribution in [-0.2, 0) is 22.2 Å². The molecule has 2 heterocycles. The van der Waals surface area contributed by atoms with Crippen molar-refractivity contribution in [3.8, 4) is 17.2 Å². The van der Waals surface area contributed by atoms with Crippen molar-refractivity contribution >= 4 is 11.9 Å². The maximum absolute atomic E-state index is 15.7. The van der Waals surface area contributed by atoms with Crippen molar-refractivity contribution < 1.29 is 32.3 Å². The van der Waals surface area contributed by atoms with E-state index in [-0.39, 0.29) is 35.4 Å². The van der Waals surface area contributed by atoms with Crippen LogP contribution in [0.15, 0.2) is 47.4 Å². The SMILES string of the molecule is Cc1ccc(C#N)cc1-c1cc(C)c(F)c([C@H](CC(=O)O)NC(=O)C(CC(C)C)n2cc(CCN3CCC3)c(C(F)(F)F)cc2=O)c1. The van der Waals surface area contributed by atoms with Gasteiger partial charge >= 0.3 is 12.1 Å². The molecule has 0 aliphatic carbocycles. The van der Waals surface area contributed by atoms with E-state index in [1.165, 1.54) is 13.0 Å². The van der Waals surface area contributed by atoms with Crippen molar-refractivity contribution in [3.05, 3.63) is 92.1 Å². The third kappa shape index (κ3) is 8.46. The van der Waals surface area contributed by atoms with Gasteiger partial charge < -0.3 is 19.9 Å². The molecule has 0 saturated carbocycles. The van der Waals surface area contributed by atoms with Crippen LogP contribution >= 0.6 is 0 Å². The number of carbonyl (C=O) groups excluding carboxylic acids is 1. The molecule has 1 amide bonds. The third-order valence-corrected chi connectivity index (χ3v) is 8.48. The smallest absolute Gasteiger partial charge is 0.416 e. The first kappa shape index (κ1) is 35.4. The first-order chi connectivity index (χ1) is 22.1. The van der Waals surface area contributed by atoms with E-state index < -0.39 is 53.5 Å². The van der Waals surface area contributed by atoms with E-state index in [4.69, 9.17) is 0 Å². The van der Waals surface area contributed by atoms with Gasteiger partial charge in [0.2, 0.25) is 5.91 Å². The quantitative estimate of drug-likeness (QED) is 0.221. The fourth-order valence-corrected chi connectivity index (χ4v) is 5.87. The summed E-state index contributed by atoms with van der Waals surface area (Å²) in [7, 11) is 0. The summed E-state index contributed by atoms with van der Waals surface area (Å²) in [5.41, 5.74) is 0.113. The molecular weight excluding hydrogens is 616 g/mol. The number of carbonyl (C=O) groups is 2. The van der Waals surface area contributed by atoms with Crippen LogP contribution in [0.3, 0.4) is 0 Å². The average molecular weight is 655 g/mol. The van der Waals surface area contributed by atoms with Crippen LogP contribution in [0.25, 0.3) is 11.1 Å². The van der Waals surface area contributed by atoms with Crippen LogP contribution in [-0.4, -0.2) is 46.1 Å². The lowest BCUT2D eigenvalue weighted by molar-refractivity contribution is -0.139. The highest BCUT2D eigenvalue weighted by molar-refractivity contribution is 5.82. The summed E-state index contributed by atoms with van der Waals surface area (Å²) in [5, 5.41) is 21.8. The summed E-state index contributed by atoms with van der Waals surface area (Å²) < 4.78 is 58.6. The number of pyridine rings is 1. The van der Waals surface area contributed by atoms with Gasteiger partial charge in [0.15, 0.2) is 0 Å². The van der Waals surface area contributed by atoms with Gasteiger partial charge in [0.1, 0.15) is 11.9 Å². The Morgan fingerprint density at radius 3 is 2.36 bits per heavy atom. The summed E-state index contributed by atoms with van der Waals surface area (Å²) in [6, 6.07) is 7.87. The molecule has 1 saturated heterocycles. The molecule has 1 aliphatic rings. The molecule has 2 atom stereocenters. The number of aliphatic carboxylic acids is 1. The van der Waals surface area contributed by atoms with Crippen molar-refractivity contribution in [1.82, 2.24) is 14.8 Å². The molecular formula is C35H38F4N4O4. The summed E-state index contributed by atoms with van der Waals surface area (Å²) in [6.07, 6.45) is -3.40. The number of nitrogens with one attached hydrogen (secondary N) is 1. The van der Waals surface area contributed by atoms with Crippen LogP contribution < -0.4 is 10.9 Å². The molecule has 1 fully saturated rings. The molecule has 8 nitrogen and oxygen atoms in total. The Kier molecular flexibility index (Phi) is 10.9. The predicted molar refractivity (Wildman–Crippen MR) is 168 cm³/mol. The molecule has 0 spiro atoms. The van der Waals surface area contributed by atoms with Gasteiger partial charge in [-0.25, -0.2) is 4.39 Å². The van der Waals surface area contributed by atoms with Gasteiger partial charge in [-0.05, 0) is 104 Å². The molecule has 1 aliphatic heterocycles. The highest BCUT2D eigenvalue weighted by Gasteiger charge is 2.36. The maximum atomic E-state index is 15.7. The van der Waals surface area contributed by atoms with E-state index in [2.05, 4.69) is 11.4 Å². The van der Waals surface area contributed by atoms with Gasteiger partial charge in [-0.3, -0.25) is 14.4 Å². The zero-order valence-electron chi connectivity index (χ0n) is 26.7. The van der Waals surface area contributed by atoms with Crippen LogP contribution in [0, 0.1) is 36.9 Å². The Morgan fingerprint density at radius 1 is 1.09 bits per heavy atom. The number of benzene rings is 2. The number of amides is 1. The van der Waals surface area contributed by atoms with Crippen molar-refractivity contribution in [2.24, 2.45) is 5.92 Å². The van der Waals surface area contributed by atoms with Crippen molar-refractivity contribution in [2.75, 3.05) is 19.6 Å². The number of carboxylic acids is 1. The Balaban J connectivity index is 1.77. The molecule has 2 N–H and O–H groups in total. The van der Waals surface area contributed by atoms with Crippen molar-refractivity contribution in [2.45, 2.75) is 71.6 Å². The fraction of sp³-hybridized carbons (Fsp3) is 0.429. The van der Waals surface area contributed by atoms with Gasteiger partial charge in [0, 0.05) is 24.4 Å². The minimum Gasteiger partial charge on any atom is -0.481 e. The van der Waals surface area contributed by atoms with Crippen LogP contribution in [0.4, 0.5) is 17.6 Å². The van der Waals surface area contributed by atoms with Crippen LogP contribution in [0.5, 0.6) is 0 Å². The fourth-order valence-electron chi connectivity index (χ4n) is 5.87. The average Bonchev–Trinajstić information content (AvgIpc) is 2.96. The molecule has 47 heavy (non-hydrogen) atoms. The number of aromatic nitrogens is 1. The topological polar surface area (TPSA) is 115 Å². The lowest BCUT2D eigenvalue weighted by Gasteiger charge is -2.31. The number of carboxylic acid groups (broad SMARTS) is 1. The summed E-state index contributed by atoms with van der Waals surface area (Å²) in [4.78, 5) is 41.1. The second kappa shape index (κ2) is 14.5. The lowest BCUT2D eigenvalue weighted by Crippen LogP contribution is -2.41. The first-order valence-electron chi connectivity index (χ1n) is 15.5. The van der Waals surface area contributed by atoms with Gasteiger partial charge in [0.05, 0.1) is 29.7 Å². The number of hydrogen-bond acceptors (Lipinski definition) is 5. The van der Waals surface area contributed by atoms with E-state index in [9.17, 15) is 37.9 Å². The number of halogens is 4. The predicted octanol–water partition coefficient (Wildman–Crippen LogP) is 6.33. The highest BCUT2D eigenvalue weighted by Crippen LogP contribution is 2.34. The minimum absolute atomic E-state index is 0.0104. The second-order valence-electron chi connectivity index (χ2n) is 12.5. The second-order valence-corrected chi connectivity index (χ2v) is 12.5. The number of nitrogens with zero attached hydrogens (tertiary/aromatic N) is 3. The number of hydrogen-bond donors (Lipinski definition) is 2. The van der Waals surface area contributed by atoms with E-state index in [0.717, 1.165) is 35.8 Å². The van der Waals surface area contributed by atoms with Gasteiger partial charge in [0.25, 0.3) is 5.56 Å². The normalized spacial score (nSPS) is 14.7. The molecule has 0 radical (unpaired) electrons. The van der Waals surface area contributed by atoms with E-state index >= 15 is 4.39 Å². The molecule has 1 unspecified atom stereocenters. The monoisotopic (exact) mass is 654 g/mol. The molecule has 4 rings (SSSR count). The number of alkyl halides is 3. The number of aryl methyl sites for hydroxylation is 2. The summed E-state index contributed by atoms with van der Waals surface area (Å²) in [5.74, 6) is -3.10. The molecule has 12 heteroatoms. The van der Waals surface area contributed by atoms with Crippen LogP contribution in [0.1, 0.15) is 78.6 Å². The minimum atomic E-state index is -4.78. The molecule has 3 aromatic rings. The molecule has 1 aromatic heterocycles. The molecule has 0 bridgehead atoms. The standard InChI is InChI=1S/C35H38F4N4O4/c1-20(2)12-30(43-19-24(8-11-42-9-5-10-42)28(16-31(43)44)35(37,38)39)34(47)41-29(17-32(45)46)27-15-25(13-22(4)33(27)36)26-14-23(18-40)7-6-21(26)3/h6-7,13-16,19-20,29-30H,5,8-12,17H2,1-4H3,(H,41,47)(H,45,46)/t29-,30?/m0/s1. The maximum Gasteiger partial charge on any atom is 0.416 e. The number of nitriles is 1.